The number of para-hydroxylation sites is 1. The average molecular weight is 178 g/mol. The van der Waals surface area contributed by atoms with Crippen molar-refractivity contribution in [1.82, 2.24) is 0 Å². The summed E-state index contributed by atoms with van der Waals surface area (Å²) in [6.07, 6.45) is 0.153. The second kappa shape index (κ2) is 2.76. The highest BCUT2D eigenvalue weighted by Crippen LogP contribution is 2.50. The van der Waals surface area contributed by atoms with Gasteiger partial charge in [0, 0.05) is 5.56 Å². The van der Waals surface area contributed by atoms with Crippen molar-refractivity contribution < 1.29 is 14.6 Å². The van der Waals surface area contributed by atoms with Crippen LogP contribution in [-0.4, -0.2) is 11.1 Å². The molecule has 1 aliphatic rings. The Labute approximate surface area is 76.0 Å². The number of rotatable bonds is 3. The Morgan fingerprint density at radius 1 is 1.62 bits per heavy atom. The van der Waals surface area contributed by atoms with Crippen molar-refractivity contribution in [3.63, 3.8) is 0 Å². The lowest BCUT2D eigenvalue weighted by atomic mass is 9.98. The van der Waals surface area contributed by atoms with E-state index in [0.29, 0.717) is 0 Å². The fourth-order valence-electron chi connectivity index (χ4n) is 1.47. The maximum atomic E-state index is 10.5. The van der Waals surface area contributed by atoms with Gasteiger partial charge in [-0.15, -0.1) is 0 Å². The van der Waals surface area contributed by atoms with Gasteiger partial charge in [-0.3, -0.25) is 4.79 Å². The summed E-state index contributed by atoms with van der Waals surface area (Å²) in [6, 6.07) is 5.69. The zero-order valence-electron chi connectivity index (χ0n) is 7.28. The minimum atomic E-state index is -0.772. The molecule has 0 saturated carbocycles. The van der Waals surface area contributed by atoms with Gasteiger partial charge < -0.3 is 9.84 Å². The molecule has 13 heavy (non-hydrogen) atoms. The molecule has 1 aromatic carbocycles. The summed E-state index contributed by atoms with van der Waals surface area (Å²) in [7, 11) is 0. The lowest BCUT2D eigenvalue weighted by Gasteiger charge is -2.05. The smallest absolute Gasteiger partial charge is 0.303 e. The normalized spacial score (nSPS) is 14.2. The van der Waals surface area contributed by atoms with Gasteiger partial charge in [-0.2, -0.15) is 0 Å². The van der Waals surface area contributed by atoms with Crippen molar-refractivity contribution in [3.05, 3.63) is 23.8 Å². The number of carboxylic acid groups (broad SMARTS) is 1. The van der Waals surface area contributed by atoms with Gasteiger partial charge in [0.05, 0.1) is 6.42 Å². The van der Waals surface area contributed by atoms with Gasteiger partial charge >= 0.3 is 5.97 Å². The van der Waals surface area contributed by atoms with Crippen molar-refractivity contribution in [3.8, 4) is 11.5 Å². The minimum absolute atomic E-state index is 0.0231. The molecule has 2 rings (SSSR count). The van der Waals surface area contributed by atoms with E-state index >= 15 is 0 Å². The number of hydrogen-bond donors (Lipinski definition) is 1. The van der Waals surface area contributed by atoms with Crippen LogP contribution in [0.4, 0.5) is 0 Å². The third kappa shape index (κ3) is 1.49. The molecule has 0 amide bonds. The predicted molar refractivity (Wildman–Crippen MR) is 47.2 cm³/mol. The highest BCUT2D eigenvalue weighted by molar-refractivity contribution is 5.69. The predicted octanol–water partition coefficient (Wildman–Crippen LogP) is 2.37. The van der Waals surface area contributed by atoms with E-state index in [1.807, 2.05) is 25.1 Å². The first kappa shape index (κ1) is 8.10. The molecular formula is C10H10O3. The Bertz CT molecular complexity index is 357. The third-order valence-corrected chi connectivity index (χ3v) is 2.19. The van der Waals surface area contributed by atoms with Gasteiger partial charge in [-0.05, 0) is 12.0 Å². The topological polar surface area (TPSA) is 49.8 Å². The van der Waals surface area contributed by atoms with Crippen molar-refractivity contribution in [2.45, 2.75) is 19.3 Å². The zero-order chi connectivity index (χ0) is 9.42. The van der Waals surface area contributed by atoms with Crippen LogP contribution in [0.5, 0.6) is 11.5 Å². The van der Waals surface area contributed by atoms with Gasteiger partial charge in [0.15, 0.2) is 11.5 Å². The lowest BCUT2D eigenvalue weighted by Crippen LogP contribution is -2.01. The van der Waals surface area contributed by atoms with Gasteiger partial charge in [0.1, 0.15) is 0 Å². The molecule has 1 heterocycles. The van der Waals surface area contributed by atoms with Crippen LogP contribution < -0.4 is 4.74 Å². The summed E-state index contributed by atoms with van der Waals surface area (Å²) >= 11 is 0. The lowest BCUT2D eigenvalue weighted by molar-refractivity contribution is -0.137. The Balaban J connectivity index is 2.18. The van der Waals surface area contributed by atoms with Gasteiger partial charge in [-0.1, -0.05) is 19.1 Å². The number of aliphatic carboxylic acids is 1. The van der Waals surface area contributed by atoms with Gasteiger partial charge in [0.25, 0.3) is 0 Å². The number of hydrogen-bond acceptors (Lipinski definition) is 2. The standard InChI is InChI=1S/C10H10O3/c1-6(5-9(11)12)7-3-2-4-8-10(7)13-8/h2-4,6H,5H2,1H3,(H,11,12). The van der Waals surface area contributed by atoms with Crippen LogP contribution in [0.25, 0.3) is 0 Å². The molecule has 0 saturated heterocycles. The fourth-order valence-corrected chi connectivity index (χ4v) is 1.47. The van der Waals surface area contributed by atoms with E-state index in [1.165, 1.54) is 0 Å². The molecule has 0 aliphatic carbocycles. The number of benzene rings is 1. The number of carbonyl (C=O) groups is 1. The Hall–Kier alpha value is -1.51. The molecule has 0 aromatic heterocycles. The first-order chi connectivity index (χ1) is 6.18. The molecule has 68 valence electrons. The van der Waals surface area contributed by atoms with Crippen LogP contribution in [0.1, 0.15) is 24.8 Å². The highest BCUT2D eigenvalue weighted by atomic mass is 16.6. The van der Waals surface area contributed by atoms with Crippen molar-refractivity contribution in [2.24, 2.45) is 0 Å². The second-order valence-electron chi connectivity index (χ2n) is 3.28. The second-order valence-corrected chi connectivity index (χ2v) is 3.28. The number of fused-ring (bicyclic) bond motifs is 1. The SMILES string of the molecule is CC(CC(=O)O)c1cccc2c1O2. The van der Waals surface area contributed by atoms with Crippen LogP contribution in [0, 0.1) is 0 Å². The minimum Gasteiger partial charge on any atom is -0.481 e. The summed E-state index contributed by atoms with van der Waals surface area (Å²) in [4.78, 5) is 10.5. The molecule has 3 heteroatoms. The maximum absolute atomic E-state index is 10.5. The first-order valence-electron chi connectivity index (χ1n) is 4.21. The number of ether oxygens (including phenoxy) is 1. The molecule has 1 atom stereocenters. The third-order valence-electron chi connectivity index (χ3n) is 2.19. The largest absolute Gasteiger partial charge is 0.481 e. The van der Waals surface area contributed by atoms with Crippen LogP contribution in [-0.2, 0) is 4.79 Å². The van der Waals surface area contributed by atoms with E-state index in [0.717, 1.165) is 17.1 Å². The molecule has 0 spiro atoms. The first-order valence-corrected chi connectivity index (χ1v) is 4.21. The zero-order valence-corrected chi connectivity index (χ0v) is 7.28. The number of carboxylic acids is 1. The van der Waals surface area contributed by atoms with E-state index in [4.69, 9.17) is 9.84 Å². The maximum Gasteiger partial charge on any atom is 0.303 e. The van der Waals surface area contributed by atoms with Gasteiger partial charge in [0.2, 0.25) is 0 Å². The fraction of sp³-hybridized carbons (Fsp3) is 0.300. The van der Waals surface area contributed by atoms with E-state index < -0.39 is 5.97 Å². The van der Waals surface area contributed by atoms with Crippen molar-refractivity contribution >= 4 is 5.97 Å². The Morgan fingerprint density at radius 3 is 3.08 bits per heavy atom. The summed E-state index contributed by atoms with van der Waals surface area (Å²) in [5.41, 5.74) is 1.000. The van der Waals surface area contributed by atoms with Crippen LogP contribution in [0.3, 0.4) is 0 Å². The van der Waals surface area contributed by atoms with Crippen LogP contribution in [0.2, 0.25) is 0 Å². The monoisotopic (exact) mass is 178 g/mol. The Kier molecular flexibility index (Phi) is 1.72. The molecule has 1 aromatic rings. The summed E-state index contributed by atoms with van der Waals surface area (Å²) < 4.78 is 5.18. The Morgan fingerprint density at radius 2 is 2.38 bits per heavy atom. The van der Waals surface area contributed by atoms with E-state index in [-0.39, 0.29) is 12.3 Å². The molecule has 0 radical (unpaired) electrons. The van der Waals surface area contributed by atoms with Crippen LogP contribution in [0.15, 0.2) is 18.2 Å². The molecule has 3 nitrogen and oxygen atoms in total. The van der Waals surface area contributed by atoms with Crippen molar-refractivity contribution in [2.75, 3.05) is 0 Å². The molecule has 1 N–H and O–H groups in total. The average Bonchev–Trinajstić information content (AvgIpc) is 2.79. The summed E-state index contributed by atoms with van der Waals surface area (Å²) in [5.74, 6) is 1.01. The van der Waals surface area contributed by atoms with E-state index in [9.17, 15) is 4.79 Å². The molecule has 0 fully saturated rings. The molecule has 1 unspecified atom stereocenters. The molecular weight excluding hydrogens is 168 g/mol. The van der Waals surface area contributed by atoms with Crippen LogP contribution >= 0.6 is 0 Å². The molecule has 0 bridgehead atoms. The van der Waals surface area contributed by atoms with Crippen molar-refractivity contribution in [1.29, 1.82) is 0 Å². The van der Waals surface area contributed by atoms with Gasteiger partial charge in [-0.25, -0.2) is 0 Å². The quantitative estimate of drug-likeness (QED) is 0.734. The van der Waals surface area contributed by atoms with E-state index in [1.54, 1.807) is 0 Å². The van der Waals surface area contributed by atoms with E-state index in [2.05, 4.69) is 0 Å². The molecule has 1 aliphatic heterocycles. The highest BCUT2D eigenvalue weighted by Gasteiger charge is 2.27. The summed E-state index contributed by atoms with van der Waals surface area (Å²) in [6.45, 7) is 1.89. The summed E-state index contributed by atoms with van der Waals surface area (Å²) in [5, 5.41) is 8.61.